The normalized spacial score (nSPS) is 15.9. The number of nitrogens with one attached hydrogen (secondary N) is 2. The van der Waals surface area contributed by atoms with E-state index >= 15 is 0 Å². The third kappa shape index (κ3) is 4.60. The molecule has 0 spiro atoms. The second kappa shape index (κ2) is 9.11. The van der Waals surface area contributed by atoms with Gasteiger partial charge in [-0.3, -0.25) is 14.2 Å². The number of rotatable bonds is 6. The Balaban J connectivity index is 1.39. The second-order valence-corrected chi connectivity index (χ2v) is 8.32. The van der Waals surface area contributed by atoms with Crippen molar-refractivity contribution in [3.8, 4) is 5.75 Å². The Kier molecular flexibility index (Phi) is 6.29. The van der Waals surface area contributed by atoms with Crippen LogP contribution in [0.5, 0.6) is 5.75 Å². The molecule has 31 heavy (non-hydrogen) atoms. The molecule has 1 aliphatic rings. The number of carbonyl (C=O) groups is 1. The summed E-state index contributed by atoms with van der Waals surface area (Å²) < 4.78 is 7.19. The summed E-state index contributed by atoms with van der Waals surface area (Å²) in [6.45, 7) is 1.68. The number of aromatic amines is 1. The van der Waals surface area contributed by atoms with Crippen LogP contribution in [-0.4, -0.2) is 41.7 Å². The van der Waals surface area contributed by atoms with Crippen molar-refractivity contribution >= 4 is 46.3 Å². The van der Waals surface area contributed by atoms with Crippen LogP contribution in [0.1, 0.15) is 12.8 Å². The highest BCUT2D eigenvalue weighted by Crippen LogP contribution is 2.33. The molecule has 7 nitrogen and oxygen atoms in total. The first-order chi connectivity index (χ1) is 15.0. The average molecular weight is 459 g/mol. The number of aromatic nitrogens is 2. The van der Waals surface area contributed by atoms with Crippen LogP contribution in [0.2, 0.25) is 5.02 Å². The number of nitrogens with zero attached hydrogens (tertiary/aromatic N) is 2. The first kappa shape index (κ1) is 21.4. The standard InChI is InChI=1S/C22H23ClN4O3S/c1-30-19-7-6-14(23)12-18(19)26-10-8-15(13-26)24-20(28)9-11-27-21(29)16-4-2-3-5-17(16)25-22(27)31/h2-7,12,15H,8-11,13H2,1H3,(H,24,28)(H,25,31). The van der Waals surface area contributed by atoms with E-state index in [9.17, 15) is 9.59 Å². The van der Waals surface area contributed by atoms with E-state index in [2.05, 4.69) is 15.2 Å². The van der Waals surface area contributed by atoms with Crippen LogP contribution in [0.4, 0.5) is 5.69 Å². The zero-order valence-corrected chi connectivity index (χ0v) is 18.6. The van der Waals surface area contributed by atoms with Crippen molar-refractivity contribution in [2.24, 2.45) is 0 Å². The van der Waals surface area contributed by atoms with Gasteiger partial charge < -0.3 is 19.9 Å². The molecular weight excluding hydrogens is 436 g/mol. The highest BCUT2D eigenvalue weighted by molar-refractivity contribution is 7.71. The lowest BCUT2D eigenvalue weighted by atomic mass is 10.2. The third-order valence-corrected chi connectivity index (χ3v) is 6.04. The maximum absolute atomic E-state index is 12.7. The van der Waals surface area contributed by atoms with Gasteiger partial charge in [0.1, 0.15) is 5.75 Å². The Morgan fingerprint density at radius 2 is 2.13 bits per heavy atom. The van der Waals surface area contributed by atoms with E-state index in [1.807, 2.05) is 24.3 Å². The summed E-state index contributed by atoms with van der Waals surface area (Å²) in [5.41, 5.74) is 1.42. The minimum absolute atomic E-state index is 0.0130. The Bertz CT molecular complexity index is 1240. The smallest absolute Gasteiger partial charge is 0.262 e. The molecule has 162 valence electrons. The topological polar surface area (TPSA) is 79.4 Å². The van der Waals surface area contributed by atoms with Gasteiger partial charge in [-0.25, -0.2) is 0 Å². The monoisotopic (exact) mass is 458 g/mol. The van der Waals surface area contributed by atoms with Crippen LogP contribution in [-0.2, 0) is 11.3 Å². The molecule has 0 saturated carbocycles. The van der Waals surface area contributed by atoms with Gasteiger partial charge in [0, 0.05) is 37.1 Å². The molecule has 4 rings (SSSR count). The number of methoxy groups -OCH3 is 1. The van der Waals surface area contributed by atoms with Crippen molar-refractivity contribution in [2.75, 3.05) is 25.1 Å². The fraction of sp³-hybridized carbons (Fsp3) is 0.318. The molecule has 2 heterocycles. The van der Waals surface area contributed by atoms with Crippen LogP contribution in [0.3, 0.4) is 0 Å². The van der Waals surface area contributed by atoms with Gasteiger partial charge in [0.05, 0.1) is 23.7 Å². The van der Waals surface area contributed by atoms with Crippen LogP contribution in [0, 0.1) is 4.77 Å². The van der Waals surface area contributed by atoms with Crippen molar-refractivity contribution in [3.05, 3.63) is 62.6 Å². The highest BCUT2D eigenvalue weighted by atomic mass is 35.5. The number of anilines is 1. The molecule has 1 atom stereocenters. The lowest BCUT2D eigenvalue weighted by molar-refractivity contribution is -0.121. The number of hydrogen-bond acceptors (Lipinski definition) is 5. The lowest BCUT2D eigenvalue weighted by Gasteiger charge is -2.21. The van der Waals surface area contributed by atoms with Gasteiger partial charge in [-0.05, 0) is 49.0 Å². The molecule has 1 aliphatic heterocycles. The van der Waals surface area contributed by atoms with Gasteiger partial charge in [0.15, 0.2) is 4.77 Å². The molecule has 1 saturated heterocycles. The van der Waals surface area contributed by atoms with Crippen LogP contribution < -0.4 is 20.5 Å². The van der Waals surface area contributed by atoms with Gasteiger partial charge >= 0.3 is 0 Å². The molecule has 1 fully saturated rings. The molecule has 2 aromatic carbocycles. The summed E-state index contributed by atoms with van der Waals surface area (Å²) in [5.74, 6) is 0.639. The van der Waals surface area contributed by atoms with E-state index in [1.165, 1.54) is 4.57 Å². The Labute approximate surface area is 189 Å². The fourth-order valence-corrected chi connectivity index (χ4v) is 4.37. The Morgan fingerprint density at radius 1 is 1.32 bits per heavy atom. The van der Waals surface area contributed by atoms with E-state index in [0.29, 0.717) is 27.2 Å². The maximum Gasteiger partial charge on any atom is 0.262 e. The first-order valence-electron chi connectivity index (χ1n) is 10.1. The maximum atomic E-state index is 12.7. The number of hydrogen-bond donors (Lipinski definition) is 2. The molecule has 0 bridgehead atoms. The first-order valence-corrected chi connectivity index (χ1v) is 10.8. The van der Waals surface area contributed by atoms with Crippen molar-refractivity contribution in [1.82, 2.24) is 14.9 Å². The molecule has 3 aromatic rings. The third-order valence-electron chi connectivity index (χ3n) is 5.49. The predicted molar refractivity (Wildman–Crippen MR) is 125 cm³/mol. The fourth-order valence-electron chi connectivity index (χ4n) is 3.92. The number of carbonyl (C=O) groups excluding carboxylic acids is 1. The lowest BCUT2D eigenvalue weighted by Crippen LogP contribution is -2.38. The minimum atomic E-state index is -0.188. The summed E-state index contributed by atoms with van der Waals surface area (Å²) in [6, 6.07) is 12.7. The van der Waals surface area contributed by atoms with E-state index in [0.717, 1.165) is 24.4 Å². The largest absolute Gasteiger partial charge is 0.495 e. The Morgan fingerprint density at radius 3 is 2.94 bits per heavy atom. The van der Waals surface area contributed by atoms with Gasteiger partial charge in [-0.15, -0.1) is 0 Å². The zero-order chi connectivity index (χ0) is 22.0. The van der Waals surface area contributed by atoms with E-state index < -0.39 is 0 Å². The molecule has 1 unspecified atom stereocenters. The number of halogens is 1. The van der Waals surface area contributed by atoms with Crippen molar-refractivity contribution in [2.45, 2.75) is 25.4 Å². The van der Waals surface area contributed by atoms with Gasteiger partial charge in [0.25, 0.3) is 5.56 Å². The molecule has 0 aliphatic carbocycles. The van der Waals surface area contributed by atoms with Gasteiger partial charge in [0.2, 0.25) is 5.91 Å². The summed E-state index contributed by atoms with van der Waals surface area (Å²) in [5, 5.41) is 4.26. The molecular formula is C22H23ClN4O3S. The molecule has 0 radical (unpaired) electrons. The van der Waals surface area contributed by atoms with E-state index in [4.69, 9.17) is 28.6 Å². The summed E-state index contributed by atoms with van der Waals surface area (Å²) in [7, 11) is 1.63. The predicted octanol–water partition coefficient (Wildman–Crippen LogP) is 3.51. The van der Waals surface area contributed by atoms with Crippen LogP contribution >= 0.6 is 23.8 Å². The van der Waals surface area contributed by atoms with Crippen molar-refractivity contribution in [1.29, 1.82) is 0 Å². The molecule has 1 aromatic heterocycles. The summed E-state index contributed by atoms with van der Waals surface area (Å²) in [4.78, 5) is 30.5. The average Bonchev–Trinajstić information content (AvgIpc) is 3.21. The zero-order valence-electron chi connectivity index (χ0n) is 17.1. The van der Waals surface area contributed by atoms with E-state index in [-0.39, 0.29) is 30.5 Å². The molecule has 2 N–H and O–H groups in total. The number of amides is 1. The van der Waals surface area contributed by atoms with Crippen LogP contribution in [0.15, 0.2) is 47.3 Å². The Hall–Kier alpha value is -2.84. The summed E-state index contributed by atoms with van der Waals surface area (Å²) in [6.07, 6.45) is 0.990. The summed E-state index contributed by atoms with van der Waals surface area (Å²) >= 11 is 11.5. The number of ether oxygens (including phenoxy) is 1. The molecule has 9 heteroatoms. The number of H-pyrrole nitrogens is 1. The quantitative estimate of drug-likeness (QED) is 0.552. The van der Waals surface area contributed by atoms with Crippen molar-refractivity contribution < 1.29 is 9.53 Å². The molecule has 1 amide bonds. The highest BCUT2D eigenvalue weighted by Gasteiger charge is 2.26. The number of para-hydroxylation sites is 1. The van der Waals surface area contributed by atoms with Crippen LogP contribution in [0.25, 0.3) is 10.9 Å². The van der Waals surface area contributed by atoms with E-state index in [1.54, 1.807) is 25.3 Å². The number of benzene rings is 2. The second-order valence-electron chi connectivity index (χ2n) is 7.50. The van der Waals surface area contributed by atoms with Gasteiger partial charge in [-0.1, -0.05) is 23.7 Å². The minimum Gasteiger partial charge on any atom is -0.495 e. The van der Waals surface area contributed by atoms with Crippen molar-refractivity contribution in [3.63, 3.8) is 0 Å². The number of fused-ring (bicyclic) bond motifs is 1. The SMILES string of the molecule is COc1ccc(Cl)cc1N1CCC(NC(=O)CCn2c(=S)[nH]c3ccccc3c2=O)C1. The van der Waals surface area contributed by atoms with Gasteiger partial charge in [-0.2, -0.15) is 0 Å².